The topological polar surface area (TPSA) is 29.5 Å². The Morgan fingerprint density at radius 1 is 1.44 bits per heavy atom. The summed E-state index contributed by atoms with van der Waals surface area (Å²) in [6.07, 6.45) is 3.17. The molecule has 3 nitrogen and oxygen atoms in total. The van der Waals surface area contributed by atoms with Gasteiger partial charge in [-0.3, -0.25) is 4.79 Å². The molecule has 0 aromatic rings. The summed E-state index contributed by atoms with van der Waals surface area (Å²) in [7, 11) is -1.66. The maximum absolute atomic E-state index is 10.8. The van der Waals surface area contributed by atoms with Crippen molar-refractivity contribution >= 4 is 14.7 Å². The van der Waals surface area contributed by atoms with Crippen molar-refractivity contribution in [3.8, 4) is 0 Å². The molecule has 0 N–H and O–H groups in total. The van der Waals surface area contributed by atoms with Gasteiger partial charge in [0.1, 0.15) is 0 Å². The molecule has 0 aromatic heterocycles. The Bertz CT molecular complexity index is 248. The Morgan fingerprint density at radius 3 is 2.56 bits per heavy atom. The molecule has 1 rings (SSSR count). The van der Waals surface area contributed by atoms with Gasteiger partial charge in [0.2, 0.25) is 6.41 Å². The fraction of sp³-hybridized carbons (Fsp3) is 0.917. The molecule has 0 aromatic carbocycles. The average Bonchev–Trinajstić information content (AvgIpc) is 2.60. The summed E-state index contributed by atoms with van der Waals surface area (Å²) in [5.74, 6) is 0. The van der Waals surface area contributed by atoms with Crippen molar-refractivity contribution in [3.05, 3.63) is 0 Å². The van der Waals surface area contributed by atoms with Crippen LogP contribution in [0.1, 0.15) is 33.6 Å². The lowest BCUT2D eigenvalue weighted by atomic mass is 10.2. The van der Waals surface area contributed by atoms with Crippen LogP contribution in [0.25, 0.3) is 0 Å². The molecule has 1 atom stereocenters. The maximum atomic E-state index is 10.8. The first kappa shape index (κ1) is 13.7. The van der Waals surface area contributed by atoms with Gasteiger partial charge in [-0.15, -0.1) is 0 Å². The molecule has 0 unspecified atom stereocenters. The number of hydrogen-bond donors (Lipinski definition) is 0. The van der Waals surface area contributed by atoms with E-state index in [2.05, 4.69) is 33.9 Å². The zero-order valence-corrected chi connectivity index (χ0v) is 12.2. The third-order valence-electron chi connectivity index (χ3n) is 4.00. The van der Waals surface area contributed by atoms with E-state index in [1.807, 2.05) is 4.90 Å². The Kier molecular flexibility index (Phi) is 4.18. The van der Waals surface area contributed by atoms with Crippen LogP contribution in [0.5, 0.6) is 0 Å². The predicted octanol–water partition coefficient (Wildman–Crippen LogP) is 2.63. The number of amides is 1. The van der Waals surface area contributed by atoms with Gasteiger partial charge in [-0.1, -0.05) is 20.8 Å². The molecule has 1 heterocycles. The zero-order valence-electron chi connectivity index (χ0n) is 11.2. The van der Waals surface area contributed by atoms with Crippen LogP contribution in [0.2, 0.25) is 18.1 Å². The summed E-state index contributed by atoms with van der Waals surface area (Å²) in [6, 6.07) is 0.312. The first-order valence-electron chi connectivity index (χ1n) is 6.13. The van der Waals surface area contributed by atoms with Gasteiger partial charge < -0.3 is 9.33 Å². The SMILES string of the molecule is CC(C)(C)[Si](C)(C)OC[C@@H]1CCCN1C=O. The highest BCUT2D eigenvalue weighted by atomic mass is 28.4. The van der Waals surface area contributed by atoms with E-state index in [1.165, 1.54) is 0 Å². The monoisotopic (exact) mass is 243 g/mol. The highest BCUT2D eigenvalue weighted by Gasteiger charge is 2.38. The number of nitrogens with zero attached hydrogens (tertiary/aromatic N) is 1. The maximum Gasteiger partial charge on any atom is 0.210 e. The van der Waals surface area contributed by atoms with Crippen molar-refractivity contribution in [3.63, 3.8) is 0 Å². The summed E-state index contributed by atoms with van der Waals surface area (Å²) in [6.45, 7) is 12.9. The van der Waals surface area contributed by atoms with Gasteiger partial charge in [-0.2, -0.15) is 0 Å². The summed E-state index contributed by atoms with van der Waals surface area (Å²) in [5.41, 5.74) is 0. The third-order valence-corrected chi connectivity index (χ3v) is 8.50. The molecular formula is C12H25NO2Si. The molecule has 1 saturated heterocycles. The lowest BCUT2D eigenvalue weighted by Gasteiger charge is -2.37. The Morgan fingerprint density at radius 2 is 2.06 bits per heavy atom. The Hall–Kier alpha value is -0.353. The molecule has 4 heteroatoms. The van der Waals surface area contributed by atoms with Crippen molar-refractivity contribution in [2.24, 2.45) is 0 Å². The van der Waals surface area contributed by atoms with E-state index in [1.54, 1.807) is 0 Å². The largest absolute Gasteiger partial charge is 0.415 e. The van der Waals surface area contributed by atoms with Crippen LogP contribution in [0.3, 0.4) is 0 Å². The van der Waals surface area contributed by atoms with E-state index in [0.29, 0.717) is 6.04 Å². The highest BCUT2D eigenvalue weighted by Crippen LogP contribution is 2.36. The van der Waals surface area contributed by atoms with Gasteiger partial charge >= 0.3 is 0 Å². The summed E-state index contributed by atoms with van der Waals surface area (Å²) in [5, 5.41) is 0.248. The van der Waals surface area contributed by atoms with Crippen LogP contribution in [-0.4, -0.2) is 38.8 Å². The summed E-state index contributed by atoms with van der Waals surface area (Å²) < 4.78 is 6.15. The lowest BCUT2D eigenvalue weighted by molar-refractivity contribution is -0.119. The number of rotatable bonds is 4. The van der Waals surface area contributed by atoms with Gasteiger partial charge in [-0.05, 0) is 31.0 Å². The number of hydrogen-bond acceptors (Lipinski definition) is 2. The van der Waals surface area contributed by atoms with Gasteiger partial charge in [0, 0.05) is 6.54 Å². The molecule has 1 amide bonds. The van der Waals surface area contributed by atoms with Crippen molar-refractivity contribution < 1.29 is 9.22 Å². The third kappa shape index (κ3) is 3.07. The van der Waals surface area contributed by atoms with Crippen LogP contribution in [0, 0.1) is 0 Å². The fourth-order valence-electron chi connectivity index (χ4n) is 1.70. The molecule has 0 bridgehead atoms. The second-order valence-electron chi connectivity index (χ2n) is 6.21. The molecule has 94 valence electrons. The van der Waals surface area contributed by atoms with E-state index < -0.39 is 8.32 Å². The Labute approximate surface area is 100 Å². The first-order valence-corrected chi connectivity index (χ1v) is 9.04. The molecular weight excluding hydrogens is 218 g/mol. The van der Waals surface area contributed by atoms with Crippen molar-refractivity contribution in [2.45, 2.75) is 57.8 Å². The molecule has 0 saturated carbocycles. The average molecular weight is 243 g/mol. The summed E-state index contributed by atoms with van der Waals surface area (Å²) >= 11 is 0. The van der Waals surface area contributed by atoms with Gasteiger partial charge in [0.05, 0.1) is 12.6 Å². The van der Waals surface area contributed by atoms with E-state index in [0.717, 1.165) is 32.4 Å². The van der Waals surface area contributed by atoms with Gasteiger partial charge in [-0.25, -0.2) is 0 Å². The minimum absolute atomic E-state index is 0.248. The molecule has 16 heavy (non-hydrogen) atoms. The quantitative estimate of drug-likeness (QED) is 0.561. The molecule has 1 aliphatic rings. The van der Waals surface area contributed by atoms with E-state index in [-0.39, 0.29) is 5.04 Å². The number of carbonyl (C=O) groups excluding carboxylic acids is 1. The van der Waals surface area contributed by atoms with Crippen LogP contribution < -0.4 is 0 Å². The van der Waals surface area contributed by atoms with E-state index in [4.69, 9.17) is 4.43 Å². The molecule has 1 aliphatic heterocycles. The predicted molar refractivity (Wildman–Crippen MR) is 68.9 cm³/mol. The second kappa shape index (κ2) is 4.88. The molecule has 0 aliphatic carbocycles. The van der Waals surface area contributed by atoms with Crippen LogP contribution in [-0.2, 0) is 9.22 Å². The van der Waals surface area contributed by atoms with Crippen molar-refractivity contribution in [2.75, 3.05) is 13.2 Å². The van der Waals surface area contributed by atoms with Crippen LogP contribution >= 0.6 is 0 Å². The standard InChI is InChI=1S/C12H25NO2Si/c1-12(2,3)16(4,5)15-9-11-7-6-8-13(11)10-14/h10-11H,6-9H2,1-5H3/t11-/m0/s1. The fourth-order valence-corrected chi connectivity index (χ4v) is 2.74. The lowest BCUT2D eigenvalue weighted by Crippen LogP contribution is -2.44. The van der Waals surface area contributed by atoms with Gasteiger partial charge in [0.25, 0.3) is 0 Å². The molecule has 1 fully saturated rings. The van der Waals surface area contributed by atoms with E-state index >= 15 is 0 Å². The minimum atomic E-state index is -1.66. The smallest absolute Gasteiger partial charge is 0.210 e. The highest BCUT2D eigenvalue weighted by molar-refractivity contribution is 6.74. The van der Waals surface area contributed by atoms with Crippen LogP contribution in [0.15, 0.2) is 0 Å². The second-order valence-corrected chi connectivity index (χ2v) is 11.0. The molecule has 0 spiro atoms. The summed E-state index contributed by atoms with van der Waals surface area (Å²) in [4.78, 5) is 12.7. The minimum Gasteiger partial charge on any atom is -0.415 e. The van der Waals surface area contributed by atoms with Crippen molar-refractivity contribution in [1.29, 1.82) is 0 Å². The van der Waals surface area contributed by atoms with Gasteiger partial charge in [0.15, 0.2) is 8.32 Å². The van der Waals surface area contributed by atoms with Crippen molar-refractivity contribution in [1.82, 2.24) is 4.90 Å². The first-order chi connectivity index (χ1) is 7.28. The van der Waals surface area contributed by atoms with Crippen LogP contribution in [0.4, 0.5) is 0 Å². The zero-order chi connectivity index (χ0) is 12.4. The Balaban J connectivity index is 2.48. The number of carbonyl (C=O) groups is 1. The normalized spacial score (nSPS) is 22.6. The molecule has 0 radical (unpaired) electrons. The number of likely N-dealkylation sites (tertiary alicyclic amines) is 1. The van der Waals surface area contributed by atoms with E-state index in [9.17, 15) is 4.79 Å².